The topological polar surface area (TPSA) is 32.8 Å². The lowest BCUT2D eigenvalue weighted by Gasteiger charge is -2.38. The second-order valence-corrected chi connectivity index (χ2v) is 5.82. The predicted molar refractivity (Wildman–Crippen MR) is 78.8 cm³/mol. The summed E-state index contributed by atoms with van der Waals surface area (Å²) < 4.78 is 5.56. The first-order valence-corrected chi connectivity index (χ1v) is 7.37. The smallest absolute Gasteiger partial charge is 0.256 e. The van der Waals surface area contributed by atoms with E-state index in [0.29, 0.717) is 12.6 Å². The average Bonchev–Trinajstić information content (AvgIpc) is 2.99. The van der Waals surface area contributed by atoms with Gasteiger partial charge in [0, 0.05) is 24.9 Å². The Morgan fingerprint density at radius 1 is 1.30 bits per heavy atom. The number of rotatable bonds is 2. The fourth-order valence-electron chi connectivity index (χ4n) is 3.25. The molecule has 1 aromatic rings. The van der Waals surface area contributed by atoms with E-state index in [0.717, 1.165) is 31.5 Å². The van der Waals surface area contributed by atoms with E-state index in [1.54, 1.807) is 0 Å². The molecule has 2 atom stereocenters. The summed E-state index contributed by atoms with van der Waals surface area (Å²) in [6, 6.07) is 8.63. The van der Waals surface area contributed by atoms with Gasteiger partial charge in [-0.05, 0) is 45.0 Å². The van der Waals surface area contributed by atoms with Gasteiger partial charge >= 0.3 is 0 Å². The second-order valence-electron chi connectivity index (χ2n) is 5.82. The van der Waals surface area contributed by atoms with Gasteiger partial charge in [0.05, 0.1) is 0 Å². The minimum atomic E-state index is -0.237. The number of anilines is 1. The number of carbonyl (C=O) groups is 1. The Labute approximate surface area is 120 Å². The Bertz CT molecular complexity index is 495. The van der Waals surface area contributed by atoms with E-state index in [-0.39, 0.29) is 12.0 Å². The number of ether oxygens (including phenoxy) is 1. The molecule has 0 aromatic heterocycles. The van der Waals surface area contributed by atoms with Crippen LogP contribution in [-0.4, -0.2) is 44.2 Å². The number of para-hydroxylation sites is 1. The molecular formula is C16H22N2O2. The molecule has 1 aromatic carbocycles. The van der Waals surface area contributed by atoms with E-state index < -0.39 is 0 Å². The Hall–Kier alpha value is -1.39. The summed E-state index contributed by atoms with van der Waals surface area (Å²) in [7, 11) is 4.19. The van der Waals surface area contributed by atoms with Crippen molar-refractivity contribution in [2.75, 3.05) is 32.1 Å². The number of fused-ring (bicyclic) bond motifs is 1. The maximum absolute atomic E-state index is 12.6. The molecule has 2 aliphatic heterocycles. The summed E-state index contributed by atoms with van der Waals surface area (Å²) in [4.78, 5) is 16.8. The quantitative estimate of drug-likeness (QED) is 0.829. The highest BCUT2D eigenvalue weighted by Gasteiger charge is 2.34. The molecule has 0 saturated carbocycles. The third-order valence-electron chi connectivity index (χ3n) is 4.31. The van der Waals surface area contributed by atoms with Gasteiger partial charge in [0.15, 0.2) is 0 Å². The van der Waals surface area contributed by atoms with Crippen LogP contribution in [0.5, 0.6) is 0 Å². The molecule has 108 valence electrons. The van der Waals surface area contributed by atoms with Crippen LogP contribution in [0.4, 0.5) is 5.69 Å². The van der Waals surface area contributed by atoms with Crippen molar-refractivity contribution in [2.24, 2.45) is 0 Å². The lowest BCUT2D eigenvalue weighted by Crippen LogP contribution is -2.44. The van der Waals surface area contributed by atoms with Crippen molar-refractivity contribution in [1.82, 2.24) is 4.90 Å². The zero-order chi connectivity index (χ0) is 14.1. The van der Waals surface area contributed by atoms with E-state index in [9.17, 15) is 4.79 Å². The van der Waals surface area contributed by atoms with Crippen LogP contribution in [-0.2, 0) is 9.53 Å². The molecule has 4 nitrogen and oxygen atoms in total. The summed E-state index contributed by atoms with van der Waals surface area (Å²) in [6.07, 6.45) is 2.59. The minimum Gasteiger partial charge on any atom is -0.368 e. The molecule has 0 radical (unpaired) electrons. The third kappa shape index (κ3) is 2.34. The fraction of sp³-hybridized carbons (Fsp3) is 0.562. The van der Waals surface area contributed by atoms with Crippen LogP contribution < -0.4 is 4.90 Å². The normalized spacial score (nSPS) is 25.9. The van der Waals surface area contributed by atoms with Gasteiger partial charge in [0.2, 0.25) is 0 Å². The molecular weight excluding hydrogens is 252 g/mol. The lowest BCUT2D eigenvalue weighted by molar-refractivity contribution is -0.127. The molecule has 1 saturated heterocycles. The first kappa shape index (κ1) is 13.6. The van der Waals surface area contributed by atoms with E-state index in [4.69, 9.17) is 4.74 Å². The van der Waals surface area contributed by atoms with Crippen molar-refractivity contribution in [1.29, 1.82) is 0 Å². The molecule has 0 spiro atoms. The Morgan fingerprint density at radius 3 is 2.80 bits per heavy atom. The van der Waals surface area contributed by atoms with Crippen molar-refractivity contribution in [3.63, 3.8) is 0 Å². The molecule has 0 bridgehead atoms. The van der Waals surface area contributed by atoms with Gasteiger partial charge in [-0.15, -0.1) is 0 Å². The first-order chi connectivity index (χ1) is 9.68. The molecule has 2 heterocycles. The molecule has 4 heteroatoms. The molecule has 0 aliphatic carbocycles. The standard InChI is InChI=1S/C16H22N2O2/c1-17(2)13-9-10-18(14-7-4-3-6-12(13)14)16(19)15-8-5-11-20-15/h3-4,6-7,13,15H,5,8-11H2,1-2H3. The molecule has 3 rings (SSSR count). The zero-order valence-corrected chi connectivity index (χ0v) is 12.2. The number of hydrogen-bond acceptors (Lipinski definition) is 3. The van der Waals surface area contributed by atoms with Crippen molar-refractivity contribution < 1.29 is 9.53 Å². The Morgan fingerprint density at radius 2 is 2.10 bits per heavy atom. The minimum absolute atomic E-state index is 0.132. The van der Waals surface area contributed by atoms with Crippen LogP contribution in [0.3, 0.4) is 0 Å². The van der Waals surface area contributed by atoms with Crippen molar-refractivity contribution in [2.45, 2.75) is 31.4 Å². The average molecular weight is 274 g/mol. The van der Waals surface area contributed by atoms with Crippen LogP contribution in [0.15, 0.2) is 24.3 Å². The maximum atomic E-state index is 12.6. The highest BCUT2D eigenvalue weighted by molar-refractivity contribution is 5.97. The van der Waals surface area contributed by atoms with Gasteiger partial charge in [-0.3, -0.25) is 4.79 Å². The van der Waals surface area contributed by atoms with E-state index >= 15 is 0 Å². The monoisotopic (exact) mass is 274 g/mol. The van der Waals surface area contributed by atoms with Gasteiger partial charge in [0.1, 0.15) is 6.10 Å². The Balaban J connectivity index is 1.90. The van der Waals surface area contributed by atoms with E-state index in [1.165, 1.54) is 5.56 Å². The largest absolute Gasteiger partial charge is 0.368 e. The highest BCUT2D eigenvalue weighted by Crippen LogP contribution is 2.37. The van der Waals surface area contributed by atoms with Crippen molar-refractivity contribution >= 4 is 11.6 Å². The van der Waals surface area contributed by atoms with E-state index in [2.05, 4.69) is 37.2 Å². The summed E-state index contributed by atoms with van der Waals surface area (Å²) >= 11 is 0. The Kier molecular flexibility index (Phi) is 3.76. The SMILES string of the molecule is CN(C)C1CCN(C(=O)C2CCCO2)c2ccccc21. The van der Waals surface area contributed by atoms with Crippen LogP contribution >= 0.6 is 0 Å². The lowest BCUT2D eigenvalue weighted by atomic mass is 9.95. The van der Waals surface area contributed by atoms with Crippen molar-refractivity contribution in [3.05, 3.63) is 29.8 Å². The third-order valence-corrected chi connectivity index (χ3v) is 4.31. The number of hydrogen-bond donors (Lipinski definition) is 0. The van der Waals surface area contributed by atoms with Crippen LogP contribution in [0.2, 0.25) is 0 Å². The number of carbonyl (C=O) groups excluding carboxylic acids is 1. The molecule has 0 N–H and O–H groups in total. The van der Waals surface area contributed by atoms with Crippen LogP contribution in [0.1, 0.15) is 30.9 Å². The number of benzene rings is 1. The fourth-order valence-corrected chi connectivity index (χ4v) is 3.25. The molecule has 20 heavy (non-hydrogen) atoms. The summed E-state index contributed by atoms with van der Waals surface area (Å²) in [5.74, 6) is 0.132. The van der Waals surface area contributed by atoms with Gasteiger partial charge in [-0.2, -0.15) is 0 Å². The highest BCUT2D eigenvalue weighted by atomic mass is 16.5. The number of nitrogens with zero attached hydrogens (tertiary/aromatic N) is 2. The van der Waals surface area contributed by atoms with Crippen LogP contribution in [0.25, 0.3) is 0 Å². The zero-order valence-electron chi connectivity index (χ0n) is 12.2. The molecule has 2 unspecified atom stereocenters. The summed E-state index contributed by atoms with van der Waals surface area (Å²) in [5.41, 5.74) is 2.30. The van der Waals surface area contributed by atoms with Gasteiger partial charge < -0.3 is 14.5 Å². The van der Waals surface area contributed by atoms with Crippen molar-refractivity contribution in [3.8, 4) is 0 Å². The van der Waals surface area contributed by atoms with E-state index in [1.807, 2.05) is 11.0 Å². The van der Waals surface area contributed by atoms with Gasteiger partial charge in [-0.1, -0.05) is 18.2 Å². The molecule has 1 fully saturated rings. The molecule has 1 amide bonds. The molecule has 2 aliphatic rings. The van der Waals surface area contributed by atoms with Gasteiger partial charge in [-0.25, -0.2) is 0 Å². The first-order valence-electron chi connectivity index (χ1n) is 7.37. The predicted octanol–water partition coefficient (Wildman–Crippen LogP) is 2.20. The number of amides is 1. The second kappa shape index (κ2) is 5.54. The van der Waals surface area contributed by atoms with Gasteiger partial charge in [0.25, 0.3) is 5.91 Å². The maximum Gasteiger partial charge on any atom is 0.256 e. The van der Waals surface area contributed by atoms with Crippen LogP contribution in [0, 0.1) is 0 Å². The summed E-state index contributed by atoms with van der Waals surface area (Å²) in [6.45, 7) is 1.49. The summed E-state index contributed by atoms with van der Waals surface area (Å²) in [5, 5.41) is 0.